The van der Waals surface area contributed by atoms with Gasteiger partial charge in [0.05, 0.1) is 19.0 Å². The second kappa shape index (κ2) is 10.9. The molecule has 172 valence electrons. The molecule has 0 radical (unpaired) electrons. The number of nitrogen functional groups attached to an aromatic ring is 1. The number of nitrogens with one attached hydrogen (secondary N) is 1. The van der Waals surface area contributed by atoms with Crippen LogP contribution in [0.2, 0.25) is 0 Å². The Balaban J connectivity index is 1.26. The van der Waals surface area contributed by atoms with Gasteiger partial charge in [-0.1, -0.05) is 30.3 Å². The first kappa shape index (κ1) is 22.7. The number of nitrogens with two attached hydrogens (primary N) is 1. The van der Waals surface area contributed by atoms with Crippen LogP contribution in [-0.4, -0.2) is 72.1 Å². The van der Waals surface area contributed by atoms with E-state index in [1.54, 1.807) is 13.3 Å². The lowest BCUT2D eigenvalue weighted by atomic mass is 10.1. The maximum Gasteiger partial charge on any atom is 0.273 e. The third-order valence-corrected chi connectivity index (χ3v) is 5.83. The minimum absolute atomic E-state index is 0.124. The average molecular weight is 447 g/mol. The molecule has 3 aromatic rings. The van der Waals surface area contributed by atoms with E-state index in [4.69, 9.17) is 10.5 Å². The van der Waals surface area contributed by atoms with Crippen molar-refractivity contribution in [3.05, 3.63) is 72.1 Å². The van der Waals surface area contributed by atoms with Gasteiger partial charge in [-0.25, -0.2) is 9.97 Å². The fraction of sp³-hybridized carbons (Fsp3) is 0.320. The summed E-state index contributed by atoms with van der Waals surface area (Å²) in [5, 5.41) is 2.94. The number of nitrogens with zero attached hydrogens (tertiary/aromatic N) is 4. The predicted octanol–water partition coefficient (Wildman–Crippen LogP) is 2.28. The molecule has 0 atom stereocenters. The van der Waals surface area contributed by atoms with E-state index in [2.05, 4.69) is 49.4 Å². The van der Waals surface area contributed by atoms with E-state index in [9.17, 15) is 4.79 Å². The molecule has 8 heteroatoms. The highest BCUT2D eigenvalue weighted by Gasteiger charge is 2.18. The molecule has 1 aliphatic rings. The van der Waals surface area contributed by atoms with Gasteiger partial charge in [0.25, 0.3) is 5.91 Å². The number of anilines is 1. The molecular weight excluding hydrogens is 416 g/mol. The normalized spacial score (nSPS) is 14.7. The number of hydrogen-bond donors (Lipinski definition) is 2. The van der Waals surface area contributed by atoms with Gasteiger partial charge in [0.2, 0.25) is 0 Å². The van der Waals surface area contributed by atoms with Gasteiger partial charge in [0.15, 0.2) is 11.5 Å². The number of ether oxygens (including phenoxy) is 1. The monoisotopic (exact) mass is 446 g/mol. The van der Waals surface area contributed by atoms with Crippen LogP contribution in [0.3, 0.4) is 0 Å². The van der Waals surface area contributed by atoms with Crippen molar-refractivity contribution >= 4 is 11.7 Å². The van der Waals surface area contributed by atoms with Crippen molar-refractivity contribution in [1.82, 2.24) is 25.1 Å². The van der Waals surface area contributed by atoms with Crippen LogP contribution >= 0.6 is 0 Å². The van der Waals surface area contributed by atoms with Crippen molar-refractivity contribution < 1.29 is 9.53 Å². The summed E-state index contributed by atoms with van der Waals surface area (Å²) in [5.74, 6) is 0.568. The van der Waals surface area contributed by atoms with Crippen molar-refractivity contribution in [2.75, 3.05) is 52.1 Å². The zero-order valence-corrected chi connectivity index (χ0v) is 18.9. The number of rotatable bonds is 8. The van der Waals surface area contributed by atoms with Crippen molar-refractivity contribution in [2.45, 2.75) is 6.54 Å². The molecule has 8 nitrogen and oxygen atoms in total. The molecular formula is C25H30N6O2. The van der Waals surface area contributed by atoms with Crippen LogP contribution in [0.4, 0.5) is 5.82 Å². The van der Waals surface area contributed by atoms with Crippen molar-refractivity contribution in [2.24, 2.45) is 0 Å². The fourth-order valence-electron chi connectivity index (χ4n) is 3.89. The summed E-state index contributed by atoms with van der Waals surface area (Å²) >= 11 is 0. The smallest absolute Gasteiger partial charge is 0.273 e. The Morgan fingerprint density at radius 3 is 2.42 bits per heavy atom. The summed E-state index contributed by atoms with van der Waals surface area (Å²) in [5.41, 5.74) is 8.86. The van der Waals surface area contributed by atoms with E-state index in [0.717, 1.165) is 50.6 Å². The Hall–Kier alpha value is -3.49. The van der Waals surface area contributed by atoms with Gasteiger partial charge in [0.1, 0.15) is 5.75 Å². The topological polar surface area (TPSA) is 96.6 Å². The van der Waals surface area contributed by atoms with Crippen LogP contribution in [0.5, 0.6) is 5.75 Å². The Labute approximate surface area is 194 Å². The summed E-state index contributed by atoms with van der Waals surface area (Å²) < 4.78 is 5.19. The minimum atomic E-state index is -0.307. The Kier molecular flexibility index (Phi) is 7.49. The molecule has 33 heavy (non-hydrogen) atoms. The first-order chi connectivity index (χ1) is 16.1. The molecule has 1 saturated heterocycles. The Morgan fingerprint density at radius 1 is 1.03 bits per heavy atom. The maximum absolute atomic E-state index is 12.7. The number of amides is 1. The number of carbonyl (C=O) groups is 1. The standard InChI is InChI=1S/C25H30N6O2/c1-33-21-9-7-20(8-10-21)22-17-28-24(26)23(29-22)25(32)27-11-12-30-13-15-31(16-14-30)18-19-5-3-2-4-6-19/h2-10,17H,11-16,18H2,1H3,(H2,26,28)(H,27,32). The van der Waals surface area contributed by atoms with E-state index in [1.165, 1.54) is 5.56 Å². The Bertz CT molecular complexity index is 1050. The molecule has 0 aliphatic carbocycles. The van der Waals surface area contributed by atoms with Gasteiger partial charge in [-0.05, 0) is 29.8 Å². The minimum Gasteiger partial charge on any atom is -0.497 e. The first-order valence-electron chi connectivity index (χ1n) is 11.2. The van der Waals surface area contributed by atoms with E-state index in [-0.39, 0.29) is 17.4 Å². The highest BCUT2D eigenvalue weighted by atomic mass is 16.5. The highest BCUT2D eigenvalue weighted by Crippen LogP contribution is 2.21. The van der Waals surface area contributed by atoms with Crippen LogP contribution in [0.1, 0.15) is 16.1 Å². The van der Waals surface area contributed by atoms with Gasteiger partial charge < -0.3 is 15.8 Å². The zero-order valence-electron chi connectivity index (χ0n) is 18.9. The lowest BCUT2D eigenvalue weighted by Crippen LogP contribution is -2.48. The fourth-order valence-corrected chi connectivity index (χ4v) is 3.89. The van der Waals surface area contributed by atoms with Crippen LogP contribution in [-0.2, 0) is 6.54 Å². The lowest BCUT2D eigenvalue weighted by Gasteiger charge is -2.34. The summed E-state index contributed by atoms with van der Waals surface area (Å²) in [6.07, 6.45) is 1.57. The number of aromatic nitrogens is 2. The molecule has 2 aromatic carbocycles. The van der Waals surface area contributed by atoms with E-state index in [0.29, 0.717) is 12.2 Å². The number of carbonyl (C=O) groups excluding carboxylic acids is 1. The number of methoxy groups -OCH3 is 1. The number of hydrogen-bond acceptors (Lipinski definition) is 7. The van der Waals surface area contributed by atoms with Gasteiger partial charge in [-0.2, -0.15) is 0 Å². The summed E-state index contributed by atoms with van der Waals surface area (Å²) in [6, 6.07) is 18.0. The second-order valence-electron chi connectivity index (χ2n) is 8.08. The largest absolute Gasteiger partial charge is 0.497 e. The van der Waals surface area contributed by atoms with Crippen LogP contribution in [0.25, 0.3) is 11.3 Å². The molecule has 0 saturated carbocycles. The zero-order chi connectivity index (χ0) is 23.0. The predicted molar refractivity (Wildman–Crippen MR) is 129 cm³/mol. The molecule has 1 aliphatic heterocycles. The highest BCUT2D eigenvalue weighted by molar-refractivity contribution is 5.96. The molecule has 1 amide bonds. The second-order valence-corrected chi connectivity index (χ2v) is 8.08. The third-order valence-electron chi connectivity index (χ3n) is 5.83. The average Bonchev–Trinajstić information content (AvgIpc) is 2.86. The summed E-state index contributed by atoms with van der Waals surface area (Å²) in [7, 11) is 1.62. The van der Waals surface area contributed by atoms with Crippen molar-refractivity contribution in [3.63, 3.8) is 0 Å². The van der Waals surface area contributed by atoms with Crippen molar-refractivity contribution in [1.29, 1.82) is 0 Å². The van der Waals surface area contributed by atoms with E-state index >= 15 is 0 Å². The van der Waals surface area contributed by atoms with E-state index < -0.39 is 0 Å². The van der Waals surface area contributed by atoms with Crippen LogP contribution in [0, 0.1) is 0 Å². The third kappa shape index (κ3) is 6.06. The molecule has 2 heterocycles. The van der Waals surface area contributed by atoms with E-state index in [1.807, 2.05) is 30.3 Å². The molecule has 3 N–H and O–H groups in total. The molecule has 4 rings (SSSR count). The van der Waals surface area contributed by atoms with Gasteiger partial charge in [-0.15, -0.1) is 0 Å². The lowest BCUT2D eigenvalue weighted by molar-refractivity contribution is 0.0930. The molecule has 0 spiro atoms. The SMILES string of the molecule is COc1ccc(-c2cnc(N)c(C(=O)NCCN3CCN(Cc4ccccc4)CC3)n2)cc1. The molecule has 1 fully saturated rings. The van der Waals surface area contributed by atoms with Gasteiger partial charge >= 0.3 is 0 Å². The molecule has 0 bridgehead atoms. The maximum atomic E-state index is 12.7. The van der Waals surface area contributed by atoms with Crippen molar-refractivity contribution in [3.8, 4) is 17.0 Å². The number of piperazine rings is 1. The molecule has 1 aromatic heterocycles. The van der Waals surface area contributed by atoms with Crippen LogP contribution < -0.4 is 15.8 Å². The first-order valence-corrected chi connectivity index (χ1v) is 11.2. The number of benzene rings is 2. The van der Waals surface area contributed by atoms with Crippen LogP contribution in [0.15, 0.2) is 60.8 Å². The summed E-state index contributed by atoms with van der Waals surface area (Å²) in [4.78, 5) is 26.2. The van der Waals surface area contributed by atoms with Gasteiger partial charge in [0, 0.05) is 51.4 Å². The summed E-state index contributed by atoms with van der Waals surface area (Å²) in [6.45, 7) is 6.31. The Morgan fingerprint density at radius 2 is 1.73 bits per heavy atom. The quantitative estimate of drug-likeness (QED) is 0.548. The molecule has 0 unspecified atom stereocenters. The van der Waals surface area contributed by atoms with Gasteiger partial charge in [-0.3, -0.25) is 14.6 Å².